The van der Waals surface area contributed by atoms with E-state index in [1.54, 1.807) is 12.1 Å². The van der Waals surface area contributed by atoms with Crippen molar-refractivity contribution in [1.82, 2.24) is 0 Å². The molecule has 0 aliphatic carbocycles. The maximum absolute atomic E-state index is 12.9. The van der Waals surface area contributed by atoms with Crippen LogP contribution in [-0.4, -0.2) is 0 Å². The molecule has 6 heteroatoms. The first-order valence-corrected chi connectivity index (χ1v) is 7.83. The minimum absolute atomic E-state index is 0.185. The van der Waals surface area contributed by atoms with E-state index in [2.05, 4.69) is 31.9 Å². The van der Waals surface area contributed by atoms with Crippen LogP contribution in [0.3, 0.4) is 0 Å². The summed E-state index contributed by atoms with van der Waals surface area (Å²) >= 11 is 6.94. The molecule has 0 saturated carbocycles. The van der Waals surface area contributed by atoms with E-state index >= 15 is 0 Å². The van der Waals surface area contributed by atoms with Crippen molar-refractivity contribution >= 4 is 31.9 Å². The van der Waals surface area contributed by atoms with Gasteiger partial charge in [-0.1, -0.05) is 56.1 Å². The molecule has 0 unspecified atom stereocenters. The van der Waals surface area contributed by atoms with Gasteiger partial charge in [-0.15, -0.1) is 0 Å². The van der Waals surface area contributed by atoms with Crippen molar-refractivity contribution in [3.8, 4) is 0 Å². The van der Waals surface area contributed by atoms with Gasteiger partial charge in [0.2, 0.25) is 0 Å². The fraction of sp³-hybridized carbons (Fsp3) is 0.200. The second-order valence-electron chi connectivity index (χ2n) is 4.47. The minimum atomic E-state index is -4.34. The molecule has 21 heavy (non-hydrogen) atoms. The Balaban J connectivity index is 2.19. The summed E-state index contributed by atoms with van der Waals surface area (Å²) in [5.41, 5.74) is 0.853. The van der Waals surface area contributed by atoms with Crippen molar-refractivity contribution in [3.63, 3.8) is 0 Å². The Kier molecular flexibility index (Phi) is 5.09. The molecule has 2 aromatic rings. The van der Waals surface area contributed by atoms with E-state index in [1.165, 1.54) is 24.3 Å². The molecule has 0 aromatic heterocycles. The van der Waals surface area contributed by atoms with E-state index in [9.17, 15) is 17.6 Å². The van der Waals surface area contributed by atoms with E-state index in [0.717, 1.165) is 17.7 Å². The van der Waals surface area contributed by atoms with Crippen molar-refractivity contribution in [2.24, 2.45) is 0 Å². The van der Waals surface area contributed by atoms with Crippen molar-refractivity contribution in [2.75, 3.05) is 0 Å². The van der Waals surface area contributed by atoms with Gasteiger partial charge in [-0.2, -0.15) is 13.2 Å². The highest BCUT2D eigenvalue weighted by Crippen LogP contribution is 2.42. The topological polar surface area (TPSA) is 0 Å². The fourth-order valence-corrected chi connectivity index (χ4v) is 3.06. The van der Waals surface area contributed by atoms with Crippen LogP contribution in [-0.2, 0) is 6.18 Å². The largest absolute Gasteiger partial charge is 0.416 e. The lowest BCUT2D eigenvalue weighted by atomic mass is 10.0. The zero-order valence-corrected chi connectivity index (χ0v) is 13.7. The quantitative estimate of drug-likeness (QED) is 0.393. The maximum atomic E-state index is 12.9. The predicted molar refractivity (Wildman–Crippen MR) is 81.2 cm³/mol. The van der Waals surface area contributed by atoms with Crippen LogP contribution < -0.4 is 0 Å². The zero-order valence-electron chi connectivity index (χ0n) is 10.5. The van der Waals surface area contributed by atoms with Gasteiger partial charge in [0, 0.05) is 0 Å². The highest BCUT2D eigenvalue weighted by atomic mass is 79.9. The maximum Gasteiger partial charge on any atom is 0.416 e. The van der Waals surface area contributed by atoms with Gasteiger partial charge >= 0.3 is 6.18 Å². The molecule has 2 aromatic carbocycles. The number of benzene rings is 2. The number of hydrogen-bond acceptors (Lipinski definition) is 0. The van der Waals surface area contributed by atoms with Crippen LogP contribution in [0.15, 0.2) is 48.5 Å². The van der Waals surface area contributed by atoms with Crippen LogP contribution >= 0.6 is 31.9 Å². The standard InChI is InChI=1S/C15H10Br2F4/c16-13(14(17)10-3-7-12(18)8-4-10)9-1-5-11(6-2-9)15(19,20)21/h1-8,13-14H/t13-,14-/m1/s1. The first kappa shape index (κ1) is 16.5. The van der Waals surface area contributed by atoms with Gasteiger partial charge in [-0.05, 0) is 35.4 Å². The Hall–Kier alpha value is -0.880. The van der Waals surface area contributed by atoms with E-state index in [0.29, 0.717) is 5.56 Å². The second-order valence-corrected chi connectivity index (χ2v) is 6.45. The molecule has 0 N–H and O–H groups in total. The molecular formula is C15H10Br2F4. The smallest absolute Gasteiger partial charge is 0.207 e. The van der Waals surface area contributed by atoms with Gasteiger partial charge in [0.05, 0.1) is 15.2 Å². The van der Waals surface area contributed by atoms with Crippen LogP contribution in [0.5, 0.6) is 0 Å². The molecule has 0 aliphatic heterocycles. The molecule has 0 bridgehead atoms. The van der Waals surface area contributed by atoms with Gasteiger partial charge < -0.3 is 0 Å². The minimum Gasteiger partial charge on any atom is -0.207 e. The van der Waals surface area contributed by atoms with Gasteiger partial charge in [0.1, 0.15) is 5.82 Å². The third-order valence-corrected chi connectivity index (χ3v) is 5.83. The van der Waals surface area contributed by atoms with Crippen LogP contribution in [0.4, 0.5) is 17.6 Å². The van der Waals surface area contributed by atoms with Crippen LogP contribution in [0.2, 0.25) is 0 Å². The van der Waals surface area contributed by atoms with Crippen molar-refractivity contribution in [2.45, 2.75) is 15.8 Å². The molecule has 2 rings (SSSR count). The first-order valence-electron chi connectivity index (χ1n) is 6.00. The normalized spacial score (nSPS) is 14.8. The Morgan fingerprint density at radius 3 is 1.48 bits per heavy atom. The Bertz CT molecular complexity index is 591. The summed E-state index contributed by atoms with van der Waals surface area (Å²) in [4.78, 5) is -0.417. The molecule has 0 nitrogen and oxygen atoms in total. The summed E-state index contributed by atoms with van der Waals surface area (Å²) in [5.74, 6) is -0.334. The van der Waals surface area contributed by atoms with Gasteiger partial charge in [0.25, 0.3) is 0 Å². The predicted octanol–water partition coefficient (Wildman–Crippen LogP) is 6.42. The van der Waals surface area contributed by atoms with Gasteiger partial charge in [-0.25, -0.2) is 4.39 Å². The molecule has 0 amide bonds. The summed E-state index contributed by atoms with van der Waals surface area (Å²) in [6, 6.07) is 10.9. The van der Waals surface area contributed by atoms with Gasteiger partial charge in [-0.3, -0.25) is 0 Å². The third-order valence-electron chi connectivity index (χ3n) is 3.00. The van der Waals surface area contributed by atoms with Crippen LogP contribution in [0.25, 0.3) is 0 Å². The van der Waals surface area contributed by atoms with E-state index in [-0.39, 0.29) is 15.5 Å². The Labute approximate surface area is 136 Å². The molecule has 0 heterocycles. The summed E-state index contributed by atoms with van der Waals surface area (Å²) in [6.07, 6.45) is -4.34. The monoisotopic (exact) mass is 424 g/mol. The average molecular weight is 426 g/mol. The summed E-state index contributed by atoms with van der Waals surface area (Å²) in [5, 5.41) is 0. The van der Waals surface area contributed by atoms with Crippen LogP contribution in [0, 0.1) is 5.82 Å². The number of halogens is 6. The number of hydrogen-bond donors (Lipinski definition) is 0. The lowest BCUT2D eigenvalue weighted by Gasteiger charge is -2.18. The summed E-state index contributed by atoms with van der Waals surface area (Å²) in [7, 11) is 0. The van der Waals surface area contributed by atoms with Crippen molar-refractivity contribution in [3.05, 3.63) is 71.0 Å². The van der Waals surface area contributed by atoms with E-state index < -0.39 is 11.7 Å². The molecular weight excluding hydrogens is 416 g/mol. The van der Waals surface area contributed by atoms with E-state index in [4.69, 9.17) is 0 Å². The third kappa shape index (κ3) is 4.07. The second kappa shape index (κ2) is 6.48. The summed E-state index contributed by atoms with van der Waals surface area (Å²) in [6.45, 7) is 0. The van der Waals surface area contributed by atoms with Crippen LogP contribution in [0.1, 0.15) is 26.3 Å². The van der Waals surface area contributed by atoms with Crippen molar-refractivity contribution < 1.29 is 17.6 Å². The highest BCUT2D eigenvalue weighted by molar-refractivity contribution is 9.12. The zero-order chi connectivity index (χ0) is 15.6. The fourth-order valence-electron chi connectivity index (χ4n) is 1.84. The average Bonchev–Trinajstić information content (AvgIpc) is 2.46. The number of rotatable bonds is 3. The highest BCUT2D eigenvalue weighted by Gasteiger charge is 2.30. The molecule has 0 fully saturated rings. The molecule has 0 aliphatic rings. The van der Waals surface area contributed by atoms with Gasteiger partial charge in [0.15, 0.2) is 0 Å². The van der Waals surface area contributed by atoms with Crippen molar-refractivity contribution in [1.29, 1.82) is 0 Å². The SMILES string of the molecule is Fc1ccc([C@@H](Br)[C@H](Br)c2ccc(C(F)(F)F)cc2)cc1. The molecule has 2 atom stereocenters. The first-order chi connectivity index (χ1) is 9.79. The lowest BCUT2D eigenvalue weighted by Crippen LogP contribution is -2.05. The Morgan fingerprint density at radius 1 is 0.714 bits per heavy atom. The van der Waals surface area contributed by atoms with E-state index in [1.807, 2.05) is 0 Å². The molecule has 0 spiro atoms. The summed E-state index contributed by atoms with van der Waals surface area (Å²) < 4.78 is 50.5. The molecule has 112 valence electrons. The molecule has 0 saturated heterocycles. The molecule has 0 radical (unpaired) electrons. The Morgan fingerprint density at radius 2 is 1.10 bits per heavy atom. The number of alkyl halides is 5. The lowest BCUT2D eigenvalue weighted by molar-refractivity contribution is -0.137.